The van der Waals surface area contributed by atoms with Gasteiger partial charge in [-0.15, -0.1) is 12.3 Å². The van der Waals surface area contributed by atoms with Crippen LogP contribution in [0.1, 0.15) is 12.0 Å². The Labute approximate surface area is 76.4 Å². The second-order valence-electron chi connectivity index (χ2n) is 2.45. The van der Waals surface area contributed by atoms with Crippen LogP contribution in [0.4, 0.5) is 4.39 Å². The third-order valence-corrected chi connectivity index (χ3v) is 1.83. The molecule has 0 fully saturated rings. The highest BCUT2D eigenvalue weighted by atomic mass is 35.5. The van der Waals surface area contributed by atoms with Gasteiger partial charge in [0.2, 0.25) is 0 Å². The van der Waals surface area contributed by atoms with Crippen molar-refractivity contribution in [2.75, 3.05) is 0 Å². The van der Waals surface area contributed by atoms with E-state index in [1.165, 1.54) is 6.07 Å². The van der Waals surface area contributed by atoms with Gasteiger partial charge in [-0.1, -0.05) is 17.7 Å². The van der Waals surface area contributed by atoms with Crippen molar-refractivity contribution in [2.45, 2.75) is 12.8 Å². The number of rotatable bonds is 2. The summed E-state index contributed by atoms with van der Waals surface area (Å²) < 4.78 is 12.6. The highest BCUT2D eigenvalue weighted by molar-refractivity contribution is 6.30. The molecule has 0 saturated carbocycles. The molecule has 1 aromatic carbocycles. The Morgan fingerprint density at radius 1 is 1.50 bits per heavy atom. The molecule has 0 unspecified atom stereocenters. The van der Waals surface area contributed by atoms with E-state index in [-0.39, 0.29) is 10.8 Å². The number of benzene rings is 1. The Balaban J connectivity index is 2.77. The van der Waals surface area contributed by atoms with Crippen molar-refractivity contribution in [2.24, 2.45) is 0 Å². The van der Waals surface area contributed by atoms with Crippen LogP contribution < -0.4 is 0 Å². The summed E-state index contributed by atoms with van der Waals surface area (Å²) in [5.74, 6) is 2.13. The molecule has 0 heterocycles. The van der Waals surface area contributed by atoms with Crippen LogP contribution in [0.15, 0.2) is 18.2 Å². The summed E-state index contributed by atoms with van der Waals surface area (Å²) in [5, 5.41) is 0.157. The lowest BCUT2D eigenvalue weighted by molar-refractivity contribution is 0.627. The SMILES string of the molecule is C#CCCc1ccc(F)c(Cl)c1. The molecule has 0 saturated heterocycles. The standard InChI is InChI=1S/C10H8ClF/c1-2-3-4-8-5-6-10(12)9(11)7-8/h1,5-7H,3-4H2. The van der Waals surface area contributed by atoms with Gasteiger partial charge in [0.1, 0.15) is 5.82 Å². The molecular formula is C10H8ClF. The molecule has 1 aromatic rings. The lowest BCUT2D eigenvalue weighted by Gasteiger charge is -1.98. The highest BCUT2D eigenvalue weighted by Gasteiger charge is 1.99. The summed E-state index contributed by atoms with van der Waals surface area (Å²) in [5.41, 5.74) is 0.972. The zero-order valence-corrected chi connectivity index (χ0v) is 7.24. The van der Waals surface area contributed by atoms with Gasteiger partial charge in [0.25, 0.3) is 0 Å². The van der Waals surface area contributed by atoms with Gasteiger partial charge >= 0.3 is 0 Å². The van der Waals surface area contributed by atoms with Crippen LogP contribution in [-0.2, 0) is 6.42 Å². The van der Waals surface area contributed by atoms with Gasteiger partial charge in [0.05, 0.1) is 5.02 Å². The van der Waals surface area contributed by atoms with Crippen LogP contribution >= 0.6 is 11.6 Å². The molecule has 62 valence electrons. The molecule has 1 rings (SSSR count). The average Bonchev–Trinajstić information content (AvgIpc) is 2.07. The minimum Gasteiger partial charge on any atom is -0.205 e. The first-order valence-electron chi connectivity index (χ1n) is 3.61. The summed E-state index contributed by atoms with van der Waals surface area (Å²) >= 11 is 5.57. The Morgan fingerprint density at radius 3 is 2.83 bits per heavy atom. The van der Waals surface area contributed by atoms with E-state index in [0.29, 0.717) is 6.42 Å². The van der Waals surface area contributed by atoms with Gasteiger partial charge in [0.15, 0.2) is 0 Å². The van der Waals surface area contributed by atoms with Gasteiger partial charge in [0, 0.05) is 6.42 Å². The van der Waals surface area contributed by atoms with Crippen molar-refractivity contribution in [1.82, 2.24) is 0 Å². The van der Waals surface area contributed by atoms with Gasteiger partial charge in [-0.3, -0.25) is 0 Å². The van der Waals surface area contributed by atoms with E-state index in [9.17, 15) is 4.39 Å². The number of terminal acetylenes is 1. The third-order valence-electron chi connectivity index (χ3n) is 1.54. The van der Waals surface area contributed by atoms with Crippen molar-refractivity contribution in [3.05, 3.63) is 34.6 Å². The second-order valence-corrected chi connectivity index (χ2v) is 2.86. The smallest absolute Gasteiger partial charge is 0.141 e. The summed E-state index contributed by atoms with van der Waals surface area (Å²) in [4.78, 5) is 0. The van der Waals surface area contributed by atoms with Crippen LogP contribution in [0, 0.1) is 18.2 Å². The molecule has 0 aliphatic carbocycles. The lowest BCUT2D eigenvalue weighted by Crippen LogP contribution is -1.85. The zero-order chi connectivity index (χ0) is 8.97. The largest absolute Gasteiger partial charge is 0.205 e. The molecule has 0 nitrogen and oxygen atoms in total. The second kappa shape index (κ2) is 4.13. The molecule has 0 N–H and O–H groups in total. The Kier molecular flexibility index (Phi) is 3.13. The predicted molar refractivity (Wildman–Crippen MR) is 48.6 cm³/mol. The van der Waals surface area contributed by atoms with Crippen LogP contribution in [0.3, 0.4) is 0 Å². The van der Waals surface area contributed by atoms with Gasteiger partial charge in [-0.25, -0.2) is 4.39 Å². The maximum Gasteiger partial charge on any atom is 0.141 e. The monoisotopic (exact) mass is 182 g/mol. The van der Waals surface area contributed by atoms with Crippen molar-refractivity contribution < 1.29 is 4.39 Å². The van der Waals surface area contributed by atoms with E-state index in [1.54, 1.807) is 12.1 Å². The summed E-state index contributed by atoms with van der Waals surface area (Å²) in [7, 11) is 0. The first kappa shape index (κ1) is 9.09. The number of aryl methyl sites for hydroxylation is 1. The van der Waals surface area contributed by atoms with Crippen LogP contribution in [-0.4, -0.2) is 0 Å². The van der Waals surface area contributed by atoms with Crippen LogP contribution in [0.25, 0.3) is 0 Å². The molecule has 0 radical (unpaired) electrons. The fourth-order valence-corrected chi connectivity index (χ4v) is 1.11. The molecule has 0 amide bonds. The molecule has 12 heavy (non-hydrogen) atoms. The number of hydrogen-bond acceptors (Lipinski definition) is 0. The van der Waals surface area contributed by atoms with Crippen LogP contribution in [0.5, 0.6) is 0 Å². The fourth-order valence-electron chi connectivity index (χ4n) is 0.912. The summed E-state index contributed by atoms with van der Waals surface area (Å²) in [6.45, 7) is 0. The van der Waals surface area contributed by atoms with E-state index in [0.717, 1.165) is 12.0 Å². The van der Waals surface area contributed by atoms with Crippen molar-refractivity contribution in [1.29, 1.82) is 0 Å². The molecule has 0 spiro atoms. The van der Waals surface area contributed by atoms with E-state index >= 15 is 0 Å². The van der Waals surface area contributed by atoms with Gasteiger partial charge in [-0.05, 0) is 24.1 Å². The van der Waals surface area contributed by atoms with E-state index in [2.05, 4.69) is 5.92 Å². The van der Waals surface area contributed by atoms with Crippen molar-refractivity contribution in [3.63, 3.8) is 0 Å². The molecule has 0 aliphatic heterocycles. The Bertz CT molecular complexity index is 312. The zero-order valence-electron chi connectivity index (χ0n) is 6.48. The van der Waals surface area contributed by atoms with E-state index in [4.69, 9.17) is 18.0 Å². The minimum atomic E-state index is -0.388. The van der Waals surface area contributed by atoms with Crippen LogP contribution in [0.2, 0.25) is 5.02 Å². The molecule has 0 atom stereocenters. The van der Waals surface area contributed by atoms with E-state index < -0.39 is 0 Å². The molecular weight excluding hydrogens is 175 g/mol. The average molecular weight is 183 g/mol. The maximum atomic E-state index is 12.6. The van der Waals surface area contributed by atoms with Gasteiger partial charge < -0.3 is 0 Å². The van der Waals surface area contributed by atoms with Crippen molar-refractivity contribution in [3.8, 4) is 12.3 Å². The van der Waals surface area contributed by atoms with E-state index in [1.807, 2.05) is 0 Å². The number of halogens is 2. The number of hydrogen-bond donors (Lipinski definition) is 0. The highest BCUT2D eigenvalue weighted by Crippen LogP contribution is 2.16. The topological polar surface area (TPSA) is 0 Å². The fraction of sp³-hybridized carbons (Fsp3) is 0.200. The predicted octanol–water partition coefficient (Wildman–Crippen LogP) is 3.04. The Hall–Kier alpha value is -1.00. The van der Waals surface area contributed by atoms with Crippen molar-refractivity contribution >= 4 is 11.6 Å². The Morgan fingerprint density at radius 2 is 2.25 bits per heavy atom. The third kappa shape index (κ3) is 2.25. The maximum absolute atomic E-state index is 12.6. The molecule has 2 heteroatoms. The minimum absolute atomic E-state index is 0.157. The first-order valence-corrected chi connectivity index (χ1v) is 3.99. The molecule has 0 aliphatic rings. The molecule has 0 aromatic heterocycles. The first-order chi connectivity index (χ1) is 5.74. The quantitative estimate of drug-likeness (QED) is 0.617. The molecule has 0 bridgehead atoms. The lowest BCUT2D eigenvalue weighted by atomic mass is 10.1. The summed E-state index contributed by atoms with van der Waals surface area (Å²) in [6, 6.07) is 4.65. The normalized spacial score (nSPS) is 9.42. The summed E-state index contributed by atoms with van der Waals surface area (Å²) in [6.07, 6.45) is 6.49. The van der Waals surface area contributed by atoms with Gasteiger partial charge in [-0.2, -0.15) is 0 Å².